The summed E-state index contributed by atoms with van der Waals surface area (Å²) in [5.74, 6) is -1.66. The molecule has 0 N–H and O–H groups in total. The highest BCUT2D eigenvalue weighted by atomic mass is 35.5. The predicted molar refractivity (Wildman–Crippen MR) is 101 cm³/mol. The molecule has 0 bridgehead atoms. The van der Waals surface area contributed by atoms with Crippen LogP contribution >= 0.6 is 11.6 Å². The normalized spacial score (nSPS) is 11.0. The lowest BCUT2D eigenvalue weighted by molar-refractivity contribution is -0.146. The van der Waals surface area contributed by atoms with Crippen LogP contribution in [0.2, 0.25) is 5.15 Å². The van der Waals surface area contributed by atoms with E-state index in [0.717, 1.165) is 12.1 Å². The molecule has 0 saturated heterocycles. The number of pyridine rings is 1. The molecule has 1 aromatic heterocycles. The highest BCUT2D eigenvalue weighted by Crippen LogP contribution is 2.33. The molecule has 0 fully saturated rings. The van der Waals surface area contributed by atoms with E-state index >= 15 is 0 Å². The summed E-state index contributed by atoms with van der Waals surface area (Å²) in [4.78, 5) is 27.9. The average molecular weight is 428 g/mol. The molecule has 9 heteroatoms. The summed E-state index contributed by atoms with van der Waals surface area (Å²) >= 11 is 5.71. The first kappa shape index (κ1) is 22.4. The highest BCUT2D eigenvalue weighted by Gasteiger charge is 2.31. The van der Waals surface area contributed by atoms with Gasteiger partial charge in [-0.3, -0.25) is 0 Å². The minimum atomic E-state index is -4.56. The van der Waals surface area contributed by atoms with Crippen molar-refractivity contribution < 1.29 is 32.2 Å². The van der Waals surface area contributed by atoms with E-state index in [4.69, 9.17) is 21.1 Å². The summed E-state index contributed by atoms with van der Waals surface area (Å²) in [5, 5.41) is -0.286. The second-order valence-electron chi connectivity index (χ2n) is 5.68. The van der Waals surface area contributed by atoms with E-state index in [2.05, 4.69) is 4.98 Å². The molecule has 154 valence electrons. The van der Waals surface area contributed by atoms with Crippen LogP contribution < -0.4 is 0 Å². The van der Waals surface area contributed by atoms with Crippen molar-refractivity contribution in [2.75, 3.05) is 13.2 Å². The molecule has 29 heavy (non-hydrogen) atoms. The van der Waals surface area contributed by atoms with Crippen LogP contribution in [0.25, 0.3) is 17.3 Å². The first-order chi connectivity index (χ1) is 13.7. The lowest BCUT2D eigenvalue weighted by Gasteiger charge is -2.10. The van der Waals surface area contributed by atoms with Crippen molar-refractivity contribution in [1.29, 1.82) is 0 Å². The fraction of sp³-hybridized carbons (Fsp3) is 0.250. The van der Waals surface area contributed by atoms with Gasteiger partial charge < -0.3 is 9.47 Å². The molecule has 0 saturated carbocycles. The van der Waals surface area contributed by atoms with Gasteiger partial charge in [-0.2, -0.15) is 13.2 Å². The first-order valence-electron chi connectivity index (χ1n) is 8.56. The fourth-order valence-electron chi connectivity index (χ4n) is 2.34. The van der Waals surface area contributed by atoms with E-state index in [9.17, 15) is 22.8 Å². The topological polar surface area (TPSA) is 65.5 Å². The smallest absolute Gasteiger partial charge is 0.416 e. The Morgan fingerprint density at radius 1 is 1.03 bits per heavy atom. The summed E-state index contributed by atoms with van der Waals surface area (Å²) in [6.45, 7) is 3.36. The van der Waals surface area contributed by atoms with Crippen molar-refractivity contribution in [3.8, 4) is 11.3 Å². The molecule has 1 heterocycles. The van der Waals surface area contributed by atoms with Crippen LogP contribution in [0, 0.1) is 0 Å². The predicted octanol–water partition coefficient (Wildman–Crippen LogP) is 4.93. The van der Waals surface area contributed by atoms with Crippen LogP contribution in [0.3, 0.4) is 0 Å². The van der Waals surface area contributed by atoms with Crippen molar-refractivity contribution in [2.45, 2.75) is 20.0 Å². The van der Waals surface area contributed by atoms with Gasteiger partial charge in [0.1, 0.15) is 10.7 Å². The molecular formula is C20H17ClF3NO4. The largest absolute Gasteiger partial charge is 0.462 e. The Morgan fingerprint density at radius 2 is 1.59 bits per heavy atom. The first-order valence-corrected chi connectivity index (χ1v) is 8.94. The number of halogens is 4. The number of hydrogen-bond acceptors (Lipinski definition) is 5. The second kappa shape index (κ2) is 9.56. The van der Waals surface area contributed by atoms with E-state index in [1.165, 1.54) is 30.3 Å². The van der Waals surface area contributed by atoms with E-state index in [1.54, 1.807) is 13.8 Å². The number of rotatable bonds is 6. The standard InChI is InChI=1S/C20H17ClF3NO4/c1-3-28-18(26)15(19(27)29-4-2)9-12-5-7-13(8-6-12)16-10-14(20(22,23)24)11-17(21)25-16/h5-11H,3-4H2,1-2H3. The maximum Gasteiger partial charge on any atom is 0.416 e. The number of nitrogens with zero attached hydrogens (tertiary/aromatic N) is 1. The molecular weight excluding hydrogens is 411 g/mol. The molecule has 0 aliphatic carbocycles. The number of esters is 2. The lowest BCUT2D eigenvalue weighted by Crippen LogP contribution is -2.18. The minimum absolute atomic E-state index is 0.0383. The molecule has 0 unspecified atom stereocenters. The lowest BCUT2D eigenvalue weighted by atomic mass is 10.0. The number of alkyl halides is 3. The van der Waals surface area contributed by atoms with Crippen LogP contribution in [0.1, 0.15) is 25.0 Å². The van der Waals surface area contributed by atoms with Crippen LogP contribution in [0.15, 0.2) is 42.0 Å². The Hall–Kier alpha value is -2.87. The van der Waals surface area contributed by atoms with Gasteiger partial charge in [0.2, 0.25) is 0 Å². The summed E-state index contributed by atoms with van der Waals surface area (Å²) in [5.41, 5.74) is -0.340. The van der Waals surface area contributed by atoms with Gasteiger partial charge >= 0.3 is 18.1 Å². The van der Waals surface area contributed by atoms with Crippen LogP contribution in [0.4, 0.5) is 13.2 Å². The van der Waals surface area contributed by atoms with E-state index < -0.39 is 23.7 Å². The number of ether oxygens (including phenoxy) is 2. The van der Waals surface area contributed by atoms with Gasteiger partial charge in [0.15, 0.2) is 0 Å². The van der Waals surface area contributed by atoms with Gasteiger partial charge in [0.05, 0.1) is 24.5 Å². The van der Waals surface area contributed by atoms with Gasteiger partial charge in [-0.05, 0) is 37.6 Å². The number of carbonyl (C=O) groups excluding carboxylic acids is 2. The maximum atomic E-state index is 13.0. The van der Waals surface area contributed by atoms with Crippen molar-refractivity contribution in [3.63, 3.8) is 0 Å². The molecule has 0 amide bonds. The third-order valence-electron chi connectivity index (χ3n) is 3.63. The monoisotopic (exact) mass is 427 g/mol. The Bertz CT molecular complexity index is 904. The maximum absolute atomic E-state index is 13.0. The SMILES string of the molecule is CCOC(=O)C(=Cc1ccc(-c2cc(C(F)(F)F)cc(Cl)n2)cc1)C(=O)OCC. The van der Waals surface area contributed by atoms with Crippen molar-refractivity contribution in [1.82, 2.24) is 4.98 Å². The zero-order chi connectivity index (χ0) is 21.6. The Morgan fingerprint density at radius 3 is 2.07 bits per heavy atom. The van der Waals surface area contributed by atoms with E-state index in [-0.39, 0.29) is 29.6 Å². The van der Waals surface area contributed by atoms with Crippen LogP contribution in [0.5, 0.6) is 0 Å². The van der Waals surface area contributed by atoms with Crippen molar-refractivity contribution >= 4 is 29.6 Å². The molecule has 0 aliphatic heterocycles. The molecule has 0 aliphatic rings. The van der Waals surface area contributed by atoms with Crippen molar-refractivity contribution in [3.05, 3.63) is 58.3 Å². The number of benzene rings is 1. The van der Waals surface area contributed by atoms with E-state index in [1.807, 2.05) is 0 Å². The average Bonchev–Trinajstić information content (AvgIpc) is 2.65. The Kier molecular flexibility index (Phi) is 7.39. The minimum Gasteiger partial charge on any atom is -0.462 e. The summed E-state index contributed by atoms with van der Waals surface area (Å²) in [7, 11) is 0. The molecule has 0 spiro atoms. The Labute approximate surface area is 170 Å². The number of carbonyl (C=O) groups is 2. The molecule has 0 atom stereocenters. The summed E-state index contributed by atoms with van der Waals surface area (Å²) in [6.07, 6.45) is -3.27. The fourth-order valence-corrected chi connectivity index (χ4v) is 2.55. The van der Waals surface area contributed by atoms with Gasteiger partial charge in [0.25, 0.3) is 0 Å². The number of aromatic nitrogens is 1. The third kappa shape index (κ3) is 6.05. The van der Waals surface area contributed by atoms with E-state index in [0.29, 0.717) is 11.1 Å². The summed E-state index contributed by atoms with van der Waals surface area (Å²) in [6, 6.07) is 7.66. The molecule has 0 radical (unpaired) electrons. The van der Waals surface area contributed by atoms with Crippen LogP contribution in [-0.2, 0) is 25.2 Å². The summed E-state index contributed by atoms with van der Waals surface area (Å²) < 4.78 is 48.6. The zero-order valence-corrected chi connectivity index (χ0v) is 16.3. The van der Waals surface area contributed by atoms with Crippen molar-refractivity contribution in [2.24, 2.45) is 0 Å². The second-order valence-corrected chi connectivity index (χ2v) is 6.07. The molecule has 2 rings (SSSR count). The zero-order valence-electron chi connectivity index (χ0n) is 15.5. The van der Waals surface area contributed by atoms with Crippen LogP contribution in [-0.4, -0.2) is 30.1 Å². The van der Waals surface area contributed by atoms with Gasteiger partial charge in [-0.25, -0.2) is 14.6 Å². The third-order valence-corrected chi connectivity index (χ3v) is 3.82. The highest BCUT2D eigenvalue weighted by molar-refractivity contribution is 6.29. The van der Waals surface area contributed by atoms with Gasteiger partial charge in [0, 0.05) is 5.56 Å². The molecule has 2 aromatic rings. The number of hydrogen-bond donors (Lipinski definition) is 0. The molecule has 5 nitrogen and oxygen atoms in total. The quantitative estimate of drug-likeness (QED) is 0.215. The van der Waals surface area contributed by atoms with Gasteiger partial charge in [-0.15, -0.1) is 0 Å². The van der Waals surface area contributed by atoms with Gasteiger partial charge in [-0.1, -0.05) is 35.9 Å². The molecule has 1 aromatic carbocycles. The Balaban J connectivity index is 2.38.